The van der Waals surface area contributed by atoms with Gasteiger partial charge in [-0.1, -0.05) is 0 Å². The van der Waals surface area contributed by atoms with Gasteiger partial charge < -0.3 is 10.6 Å². The average Bonchev–Trinajstić information content (AvgIpc) is 2.63. The molecule has 0 saturated heterocycles. The molecule has 0 aliphatic rings. The number of rotatable bonds is 4. The van der Waals surface area contributed by atoms with Crippen molar-refractivity contribution in [1.29, 1.82) is 5.26 Å². The summed E-state index contributed by atoms with van der Waals surface area (Å²) in [6.07, 6.45) is -3.88. The van der Waals surface area contributed by atoms with Gasteiger partial charge in [-0.3, -0.25) is 0 Å². The number of nitrogens with zero attached hydrogens (tertiary/aromatic N) is 3. The second-order valence-electron chi connectivity index (χ2n) is 5.40. The second kappa shape index (κ2) is 7.79. The molecule has 2 N–H and O–H groups in total. The van der Waals surface area contributed by atoms with E-state index >= 15 is 0 Å². The summed E-state index contributed by atoms with van der Waals surface area (Å²) in [5.41, 5.74) is 0.443. The van der Waals surface area contributed by atoms with Crippen LogP contribution in [0.5, 0.6) is 0 Å². The Morgan fingerprint density at radius 2 is 1.52 bits per heavy atom. The Balaban J connectivity index is 1.92. The highest BCUT2D eigenvalue weighted by atomic mass is 127. The van der Waals surface area contributed by atoms with E-state index < -0.39 is 11.7 Å². The highest BCUT2D eigenvalue weighted by molar-refractivity contribution is 14.1. The van der Waals surface area contributed by atoms with Crippen LogP contribution >= 0.6 is 22.6 Å². The van der Waals surface area contributed by atoms with Gasteiger partial charge in [-0.2, -0.15) is 23.4 Å². The summed E-state index contributed by atoms with van der Waals surface area (Å²) in [5.74, 6) is -0.351. The highest BCUT2D eigenvalue weighted by Gasteiger charge is 2.35. The van der Waals surface area contributed by atoms with E-state index in [1.807, 2.05) is 18.2 Å². The third-order valence-corrected chi connectivity index (χ3v) is 4.19. The summed E-state index contributed by atoms with van der Waals surface area (Å²) in [4.78, 5) is 7.74. The fourth-order valence-corrected chi connectivity index (χ4v) is 2.53. The molecular formula is C18H11F3IN5. The van der Waals surface area contributed by atoms with Crippen LogP contribution in [-0.4, -0.2) is 9.97 Å². The van der Waals surface area contributed by atoms with Gasteiger partial charge in [0.2, 0.25) is 5.95 Å². The van der Waals surface area contributed by atoms with E-state index in [0.29, 0.717) is 16.9 Å². The minimum atomic E-state index is -4.61. The van der Waals surface area contributed by atoms with Crippen LogP contribution in [0.3, 0.4) is 0 Å². The van der Waals surface area contributed by atoms with Crippen LogP contribution < -0.4 is 10.6 Å². The summed E-state index contributed by atoms with van der Waals surface area (Å²) in [6.45, 7) is 0. The topological polar surface area (TPSA) is 73.6 Å². The van der Waals surface area contributed by atoms with Crippen LogP contribution in [0, 0.1) is 14.9 Å². The number of aromatic nitrogens is 2. The van der Waals surface area contributed by atoms with Gasteiger partial charge in [0.15, 0.2) is 0 Å². The highest BCUT2D eigenvalue weighted by Crippen LogP contribution is 2.35. The summed E-state index contributed by atoms with van der Waals surface area (Å²) >= 11 is 2.15. The monoisotopic (exact) mass is 481 g/mol. The molecule has 0 fully saturated rings. The standard InChI is InChI=1S/C18H11F3IN5/c19-18(20,21)15-10-24-17(26-14-7-3-12(22)4-8-14)27-16(15)25-13-5-1-11(9-23)2-6-13/h1-8,10H,(H2,24,25,26,27). The molecule has 5 nitrogen and oxygen atoms in total. The zero-order valence-electron chi connectivity index (χ0n) is 13.5. The Bertz CT molecular complexity index is 980. The number of hydrogen-bond donors (Lipinski definition) is 2. The van der Waals surface area contributed by atoms with Crippen molar-refractivity contribution in [3.63, 3.8) is 0 Å². The molecule has 3 aromatic rings. The zero-order valence-corrected chi connectivity index (χ0v) is 15.7. The first-order chi connectivity index (χ1) is 12.8. The Labute approximate surface area is 166 Å². The number of nitrogens with one attached hydrogen (secondary N) is 2. The third kappa shape index (κ3) is 4.85. The van der Waals surface area contributed by atoms with E-state index in [0.717, 1.165) is 9.77 Å². The predicted octanol–water partition coefficient (Wildman–Crippen LogP) is 5.46. The molecule has 0 atom stereocenters. The van der Waals surface area contributed by atoms with E-state index in [-0.39, 0.29) is 11.8 Å². The van der Waals surface area contributed by atoms with Gasteiger partial charge in [0, 0.05) is 21.1 Å². The second-order valence-corrected chi connectivity index (χ2v) is 6.65. The Hall–Kier alpha value is -2.87. The van der Waals surface area contributed by atoms with Crippen LogP contribution in [-0.2, 0) is 6.18 Å². The molecule has 136 valence electrons. The summed E-state index contributed by atoms with van der Waals surface area (Å²) < 4.78 is 40.9. The molecule has 9 heteroatoms. The van der Waals surface area contributed by atoms with E-state index in [1.54, 1.807) is 12.1 Å². The molecule has 0 unspecified atom stereocenters. The van der Waals surface area contributed by atoms with Gasteiger partial charge in [0.05, 0.1) is 11.6 Å². The molecule has 1 aromatic heterocycles. The van der Waals surface area contributed by atoms with Crippen molar-refractivity contribution in [3.05, 3.63) is 69.4 Å². The van der Waals surface area contributed by atoms with Gasteiger partial charge >= 0.3 is 6.18 Å². The van der Waals surface area contributed by atoms with Gasteiger partial charge in [-0.05, 0) is 71.1 Å². The van der Waals surface area contributed by atoms with Crippen LogP contribution in [0.1, 0.15) is 11.1 Å². The lowest BCUT2D eigenvalue weighted by Crippen LogP contribution is -2.12. The lowest BCUT2D eigenvalue weighted by Gasteiger charge is -2.15. The van der Waals surface area contributed by atoms with Crippen molar-refractivity contribution in [2.24, 2.45) is 0 Å². The largest absolute Gasteiger partial charge is 0.421 e. The first kappa shape index (κ1) is 18.9. The van der Waals surface area contributed by atoms with E-state index in [9.17, 15) is 13.2 Å². The first-order valence-corrected chi connectivity index (χ1v) is 8.67. The average molecular weight is 481 g/mol. The molecule has 0 saturated carbocycles. The Morgan fingerprint density at radius 3 is 2.11 bits per heavy atom. The lowest BCUT2D eigenvalue weighted by molar-refractivity contribution is -0.137. The molecule has 0 spiro atoms. The normalized spacial score (nSPS) is 10.9. The van der Waals surface area contributed by atoms with Gasteiger partial charge in [-0.15, -0.1) is 0 Å². The first-order valence-electron chi connectivity index (χ1n) is 7.59. The minimum Gasteiger partial charge on any atom is -0.340 e. The van der Waals surface area contributed by atoms with Crippen molar-refractivity contribution < 1.29 is 13.2 Å². The van der Waals surface area contributed by atoms with Gasteiger partial charge in [0.25, 0.3) is 0 Å². The zero-order chi connectivity index (χ0) is 19.4. The maximum Gasteiger partial charge on any atom is 0.421 e. The number of hydrogen-bond acceptors (Lipinski definition) is 5. The van der Waals surface area contributed by atoms with Crippen LogP contribution in [0.15, 0.2) is 54.7 Å². The molecule has 0 amide bonds. The molecule has 2 aromatic carbocycles. The van der Waals surface area contributed by atoms with Crippen LogP contribution in [0.25, 0.3) is 0 Å². The van der Waals surface area contributed by atoms with Gasteiger partial charge in [-0.25, -0.2) is 4.98 Å². The molecule has 1 heterocycles. The summed E-state index contributed by atoms with van der Waals surface area (Å²) in [7, 11) is 0. The molecule has 3 rings (SSSR count). The summed E-state index contributed by atoms with van der Waals surface area (Å²) in [6, 6.07) is 15.2. The molecule has 0 aliphatic heterocycles. The van der Waals surface area contributed by atoms with Gasteiger partial charge in [0.1, 0.15) is 11.4 Å². The Kier molecular flexibility index (Phi) is 5.46. The summed E-state index contributed by atoms with van der Waals surface area (Å²) in [5, 5.41) is 14.3. The number of anilines is 4. The van der Waals surface area contributed by atoms with Crippen molar-refractivity contribution in [2.75, 3.05) is 10.6 Å². The van der Waals surface area contributed by atoms with Crippen molar-refractivity contribution in [2.45, 2.75) is 6.18 Å². The van der Waals surface area contributed by atoms with Crippen molar-refractivity contribution in [3.8, 4) is 6.07 Å². The maximum atomic E-state index is 13.3. The molecule has 0 aliphatic carbocycles. The SMILES string of the molecule is N#Cc1ccc(Nc2nc(Nc3ccc(I)cc3)ncc2C(F)(F)F)cc1. The minimum absolute atomic E-state index is 0.0281. The van der Waals surface area contributed by atoms with E-state index in [1.165, 1.54) is 24.3 Å². The molecular weight excluding hydrogens is 470 g/mol. The van der Waals surface area contributed by atoms with Crippen LogP contribution in [0.4, 0.5) is 36.3 Å². The quantitative estimate of drug-likeness (QED) is 0.485. The fraction of sp³-hybridized carbons (Fsp3) is 0.0556. The van der Waals surface area contributed by atoms with Crippen molar-refractivity contribution in [1.82, 2.24) is 9.97 Å². The maximum absolute atomic E-state index is 13.3. The van der Waals surface area contributed by atoms with Crippen LogP contribution in [0.2, 0.25) is 0 Å². The smallest absolute Gasteiger partial charge is 0.340 e. The van der Waals surface area contributed by atoms with E-state index in [4.69, 9.17) is 5.26 Å². The molecule has 0 radical (unpaired) electrons. The molecule has 0 bridgehead atoms. The molecule has 27 heavy (non-hydrogen) atoms. The predicted molar refractivity (Wildman–Crippen MR) is 104 cm³/mol. The van der Waals surface area contributed by atoms with E-state index in [2.05, 4.69) is 43.2 Å². The number of alkyl halides is 3. The lowest BCUT2D eigenvalue weighted by atomic mass is 10.2. The number of halogens is 4. The number of benzene rings is 2. The fourth-order valence-electron chi connectivity index (χ4n) is 2.17. The van der Waals surface area contributed by atoms with Crippen molar-refractivity contribution >= 4 is 45.7 Å². The third-order valence-electron chi connectivity index (χ3n) is 3.47. The number of nitriles is 1. The Morgan fingerprint density at radius 1 is 0.926 bits per heavy atom.